The molecule has 0 saturated carbocycles. The first-order chi connectivity index (χ1) is 15.4. The van der Waals surface area contributed by atoms with Crippen molar-refractivity contribution in [2.24, 2.45) is 0 Å². The lowest BCUT2D eigenvalue weighted by Crippen LogP contribution is -2.36. The number of carbonyl (C=O) groups is 4. The van der Waals surface area contributed by atoms with Gasteiger partial charge < -0.3 is 10.1 Å². The Kier molecular flexibility index (Phi) is 6.35. The third-order valence-corrected chi connectivity index (χ3v) is 4.72. The number of amides is 3. The van der Waals surface area contributed by atoms with E-state index in [0.29, 0.717) is 11.0 Å². The van der Waals surface area contributed by atoms with Crippen molar-refractivity contribution in [3.63, 3.8) is 0 Å². The summed E-state index contributed by atoms with van der Waals surface area (Å²) in [6, 6.07) is 6.21. The second-order valence-electron chi connectivity index (χ2n) is 6.52. The van der Waals surface area contributed by atoms with Crippen molar-refractivity contribution < 1.29 is 42.0 Å². The zero-order chi connectivity index (χ0) is 24.5. The third kappa shape index (κ3) is 4.77. The van der Waals surface area contributed by atoms with Crippen molar-refractivity contribution in [2.75, 3.05) is 18.5 Å². The fraction of sp³-hybridized carbons (Fsp3) is 0.158. The molecule has 0 aromatic heterocycles. The summed E-state index contributed by atoms with van der Waals surface area (Å²) in [5.74, 6) is -4.50. The summed E-state index contributed by atoms with van der Waals surface area (Å²) in [5.41, 5.74) is -3.35. The third-order valence-electron chi connectivity index (χ3n) is 4.41. The summed E-state index contributed by atoms with van der Waals surface area (Å²) in [5, 5.41) is 12.6. The average Bonchev–Trinajstić information content (AvgIpc) is 2.97. The number of benzene rings is 2. The predicted molar refractivity (Wildman–Crippen MR) is 105 cm³/mol. The molecule has 3 amide bonds. The van der Waals surface area contributed by atoms with Gasteiger partial charge in [-0.05, 0) is 18.2 Å². The molecule has 14 heteroatoms. The Morgan fingerprint density at radius 2 is 1.79 bits per heavy atom. The fourth-order valence-corrected chi connectivity index (χ4v) is 3.22. The summed E-state index contributed by atoms with van der Waals surface area (Å²) in [6.45, 7) is -2.03. The SMILES string of the molecule is O=C(COC(=O)CN1C(=O)c2cccc([N+](=O)[O-])c2C1=O)Nc1c(Cl)cccc1C(F)(F)F. The first-order valence-electron chi connectivity index (χ1n) is 8.86. The van der Waals surface area contributed by atoms with E-state index in [4.69, 9.17) is 11.6 Å². The van der Waals surface area contributed by atoms with Crippen LogP contribution in [-0.4, -0.2) is 46.7 Å². The van der Waals surface area contributed by atoms with Crippen LogP contribution in [0.15, 0.2) is 36.4 Å². The molecule has 1 heterocycles. The van der Waals surface area contributed by atoms with Crippen LogP contribution >= 0.6 is 11.6 Å². The number of alkyl halides is 3. The number of hydrogen-bond acceptors (Lipinski definition) is 7. The van der Waals surface area contributed by atoms with Crippen LogP contribution in [0.2, 0.25) is 5.02 Å². The van der Waals surface area contributed by atoms with Crippen LogP contribution in [0.3, 0.4) is 0 Å². The van der Waals surface area contributed by atoms with Gasteiger partial charge in [0.2, 0.25) is 0 Å². The standard InChI is InChI=1S/C19H11ClF3N3O7/c20-11-5-2-4-10(19(21,22)23)16(11)24-13(27)8-33-14(28)7-25-17(29)9-3-1-6-12(26(31)32)15(9)18(25)30/h1-6H,7-8H2,(H,24,27). The van der Waals surface area contributed by atoms with Gasteiger partial charge in [0.15, 0.2) is 6.61 Å². The van der Waals surface area contributed by atoms with E-state index < -0.39 is 75.5 Å². The highest BCUT2D eigenvalue weighted by Crippen LogP contribution is 2.38. The van der Waals surface area contributed by atoms with Crippen LogP contribution in [0, 0.1) is 10.1 Å². The molecule has 33 heavy (non-hydrogen) atoms. The number of esters is 1. The summed E-state index contributed by atoms with van der Waals surface area (Å²) in [4.78, 5) is 59.4. The van der Waals surface area contributed by atoms with E-state index in [1.807, 2.05) is 5.32 Å². The van der Waals surface area contributed by atoms with Crippen molar-refractivity contribution in [1.82, 2.24) is 4.90 Å². The molecule has 0 fully saturated rings. The van der Waals surface area contributed by atoms with Gasteiger partial charge in [-0.2, -0.15) is 13.2 Å². The number of ether oxygens (including phenoxy) is 1. The molecule has 0 aliphatic carbocycles. The van der Waals surface area contributed by atoms with Gasteiger partial charge in [-0.1, -0.05) is 23.7 Å². The van der Waals surface area contributed by atoms with Crippen LogP contribution in [0.4, 0.5) is 24.5 Å². The number of imide groups is 1. The van der Waals surface area contributed by atoms with Crippen molar-refractivity contribution in [1.29, 1.82) is 0 Å². The maximum Gasteiger partial charge on any atom is 0.418 e. The van der Waals surface area contributed by atoms with E-state index in [1.165, 1.54) is 12.1 Å². The van der Waals surface area contributed by atoms with E-state index >= 15 is 0 Å². The second-order valence-corrected chi connectivity index (χ2v) is 6.93. The van der Waals surface area contributed by atoms with Crippen LogP contribution in [0.5, 0.6) is 0 Å². The number of nitro benzene ring substituents is 1. The molecule has 2 aromatic rings. The van der Waals surface area contributed by atoms with Gasteiger partial charge in [0.25, 0.3) is 23.4 Å². The highest BCUT2D eigenvalue weighted by Gasteiger charge is 2.42. The van der Waals surface area contributed by atoms with Crippen molar-refractivity contribution >= 4 is 46.7 Å². The molecule has 0 saturated heterocycles. The maximum atomic E-state index is 13.1. The Balaban J connectivity index is 1.65. The molecule has 1 aliphatic rings. The van der Waals surface area contributed by atoms with Gasteiger partial charge in [-0.15, -0.1) is 0 Å². The van der Waals surface area contributed by atoms with Crippen LogP contribution in [0.25, 0.3) is 0 Å². The number of nitrogens with one attached hydrogen (secondary N) is 1. The molecule has 0 spiro atoms. The fourth-order valence-electron chi connectivity index (χ4n) is 3.00. The first-order valence-corrected chi connectivity index (χ1v) is 9.24. The zero-order valence-electron chi connectivity index (χ0n) is 16.1. The smallest absolute Gasteiger partial charge is 0.418 e. The summed E-state index contributed by atoms with van der Waals surface area (Å²) >= 11 is 5.71. The Hall–Kier alpha value is -4.00. The normalized spacial score (nSPS) is 13.0. The number of nitro groups is 1. The summed E-state index contributed by atoms with van der Waals surface area (Å²) < 4.78 is 43.9. The molecule has 2 aromatic carbocycles. The van der Waals surface area contributed by atoms with Crippen molar-refractivity contribution in [3.8, 4) is 0 Å². The lowest BCUT2D eigenvalue weighted by atomic mass is 10.1. The molecule has 0 unspecified atom stereocenters. The van der Waals surface area contributed by atoms with Crippen molar-refractivity contribution in [3.05, 3.63) is 68.2 Å². The van der Waals surface area contributed by atoms with Gasteiger partial charge >= 0.3 is 12.1 Å². The van der Waals surface area contributed by atoms with Gasteiger partial charge in [0.1, 0.15) is 12.1 Å². The van der Waals surface area contributed by atoms with E-state index in [-0.39, 0.29) is 5.56 Å². The molecule has 0 bridgehead atoms. The molecule has 0 radical (unpaired) electrons. The number of carbonyl (C=O) groups excluding carboxylic acids is 4. The highest BCUT2D eigenvalue weighted by atomic mass is 35.5. The molecular formula is C19H11ClF3N3O7. The van der Waals surface area contributed by atoms with Gasteiger partial charge in [-0.3, -0.25) is 34.2 Å². The van der Waals surface area contributed by atoms with E-state index in [9.17, 15) is 42.5 Å². The highest BCUT2D eigenvalue weighted by molar-refractivity contribution is 6.34. The number of fused-ring (bicyclic) bond motifs is 1. The minimum atomic E-state index is -4.82. The quantitative estimate of drug-likeness (QED) is 0.287. The minimum absolute atomic E-state index is 0.279. The minimum Gasteiger partial charge on any atom is -0.454 e. The zero-order valence-corrected chi connectivity index (χ0v) is 16.9. The molecule has 1 aliphatic heterocycles. The van der Waals surface area contributed by atoms with Gasteiger partial charge in [0.05, 0.1) is 26.8 Å². The van der Waals surface area contributed by atoms with Crippen LogP contribution in [-0.2, 0) is 20.5 Å². The van der Waals surface area contributed by atoms with E-state index in [1.54, 1.807) is 0 Å². The number of hydrogen-bond donors (Lipinski definition) is 1. The van der Waals surface area contributed by atoms with Crippen molar-refractivity contribution in [2.45, 2.75) is 6.18 Å². The molecule has 172 valence electrons. The number of para-hydroxylation sites is 1. The van der Waals surface area contributed by atoms with Gasteiger partial charge in [-0.25, -0.2) is 0 Å². The lowest BCUT2D eigenvalue weighted by molar-refractivity contribution is -0.385. The van der Waals surface area contributed by atoms with Crippen LogP contribution < -0.4 is 5.32 Å². The Bertz CT molecular complexity index is 1200. The van der Waals surface area contributed by atoms with E-state index in [0.717, 1.165) is 18.2 Å². The maximum absolute atomic E-state index is 13.1. The van der Waals surface area contributed by atoms with E-state index in [2.05, 4.69) is 4.74 Å². The molecule has 1 N–H and O–H groups in total. The van der Waals surface area contributed by atoms with Crippen LogP contribution in [0.1, 0.15) is 26.3 Å². The van der Waals surface area contributed by atoms with Gasteiger partial charge in [0, 0.05) is 6.07 Å². The Morgan fingerprint density at radius 1 is 1.12 bits per heavy atom. The second kappa shape index (κ2) is 8.86. The topological polar surface area (TPSA) is 136 Å². The molecule has 10 nitrogen and oxygen atoms in total. The predicted octanol–water partition coefficient (Wildman–Crippen LogP) is 3.04. The largest absolute Gasteiger partial charge is 0.454 e. The Labute approximate surface area is 187 Å². The molecule has 3 rings (SSSR count). The molecular weight excluding hydrogens is 475 g/mol. The average molecular weight is 486 g/mol. The summed E-state index contributed by atoms with van der Waals surface area (Å²) in [7, 11) is 0. The number of rotatable bonds is 6. The summed E-state index contributed by atoms with van der Waals surface area (Å²) in [6.07, 6.45) is -4.82. The number of halogens is 4. The lowest BCUT2D eigenvalue weighted by Gasteiger charge is -2.16. The number of anilines is 1. The number of nitrogens with zero attached hydrogens (tertiary/aromatic N) is 2. The monoisotopic (exact) mass is 485 g/mol. The molecule has 0 atom stereocenters. The Morgan fingerprint density at radius 3 is 2.42 bits per heavy atom. The first kappa shape index (κ1) is 23.7.